The smallest absolute Gasteiger partial charge is 0.226 e. The first kappa shape index (κ1) is 17.2. The summed E-state index contributed by atoms with van der Waals surface area (Å²) in [6.45, 7) is 0. The van der Waals surface area contributed by atoms with Crippen LogP contribution in [0.2, 0.25) is 0 Å². The number of para-hydroxylation sites is 1. The van der Waals surface area contributed by atoms with Gasteiger partial charge in [-0.05, 0) is 47.9 Å². The minimum Gasteiger partial charge on any atom is -0.497 e. The van der Waals surface area contributed by atoms with Crippen LogP contribution in [0.1, 0.15) is 12.0 Å². The summed E-state index contributed by atoms with van der Waals surface area (Å²) in [5.74, 6) is 0.741. The van der Waals surface area contributed by atoms with E-state index in [2.05, 4.69) is 26.6 Å². The van der Waals surface area contributed by atoms with Crippen molar-refractivity contribution in [3.63, 3.8) is 0 Å². The van der Waals surface area contributed by atoms with Gasteiger partial charge in [0, 0.05) is 23.0 Å². The Bertz CT molecular complexity index is 1060. The minimum atomic E-state index is -0.0716. The number of carbonyl (C=O) groups is 1. The molecule has 0 saturated carbocycles. The fourth-order valence-corrected chi connectivity index (χ4v) is 3.57. The number of benzene rings is 2. The molecule has 0 aliphatic heterocycles. The van der Waals surface area contributed by atoms with Crippen molar-refractivity contribution in [3.05, 3.63) is 59.6 Å². The molecule has 0 bridgehead atoms. The number of rotatable bonds is 6. The summed E-state index contributed by atoms with van der Waals surface area (Å²) in [4.78, 5) is 15.8. The highest BCUT2D eigenvalue weighted by Gasteiger charge is 2.15. The van der Waals surface area contributed by atoms with Crippen LogP contribution >= 0.6 is 11.3 Å². The second-order valence-corrected chi connectivity index (χ2v) is 6.88. The van der Waals surface area contributed by atoms with Crippen molar-refractivity contribution in [1.82, 2.24) is 15.2 Å². The van der Waals surface area contributed by atoms with Crippen LogP contribution in [0.5, 0.6) is 5.75 Å². The number of carbonyl (C=O) groups excluding carboxylic acids is 1. The zero-order valence-corrected chi connectivity index (χ0v) is 15.5. The van der Waals surface area contributed by atoms with Gasteiger partial charge in [-0.1, -0.05) is 29.5 Å². The second kappa shape index (κ2) is 7.59. The molecule has 2 N–H and O–H groups in total. The SMILES string of the molecule is COc1ccc(-c2[nH]c3ccccc3c2CCC(=O)Nc2nncs2)cc1. The Kier molecular flexibility index (Phi) is 4.84. The summed E-state index contributed by atoms with van der Waals surface area (Å²) in [5.41, 5.74) is 5.87. The quantitative estimate of drug-likeness (QED) is 0.525. The Morgan fingerprint density at radius 2 is 2.00 bits per heavy atom. The van der Waals surface area contributed by atoms with Gasteiger partial charge in [0.15, 0.2) is 0 Å². The van der Waals surface area contributed by atoms with Gasteiger partial charge in [-0.2, -0.15) is 0 Å². The van der Waals surface area contributed by atoms with Crippen LogP contribution < -0.4 is 10.1 Å². The number of hydrogen-bond acceptors (Lipinski definition) is 5. The molecule has 0 radical (unpaired) electrons. The van der Waals surface area contributed by atoms with E-state index >= 15 is 0 Å². The maximum Gasteiger partial charge on any atom is 0.226 e. The highest BCUT2D eigenvalue weighted by atomic mass is 32.1. The van der Waals surface area contributed by atoms with E-state index in [-0.39, 0.29) is 5.91 Å². The monoisotopic (exact) mass is 378 g/mol. The molecule has 4 aromatic rings. The number of aromatic amines is 1. The average molecular weight is 378 g/mol. The highest BCUT2D eigenvalue weighted by Crippen LogP contribution is 2.32. The Labute approximate surface area is 160 Å². The van der Waals surface area contributed by atoms with Crippen molar-refractivity contribution in [2.24, 2.45) is 0 Å². The Morgan fingerprint density at radius 1 is 1.19 bits per heavy atom. The summed E-state index contributed by atoms with van der Waals surface area (Å²) in [6.07, 6.45) is 0.987. The van der Waals surface area contributed by atoms with E-state index in [0.29, 0.717) is 18.0 Å². The third-order valence-electron chi connectivity index (χ3n) is 4.40. The molecule has 4 rings (SSSR count). The van der Waals surface area contributed by atoms with Crippen molar-refractivity contribution >= 4 is 33.3 Å². The van der Waals surface area contributed by atoms with E-state index in [1.165, 1.54) is 11.3 Å². The number of hydrogen-bond donors (Lipinski definition) is 2. The minimum absolute atomic E-state index is 0.0716. The number of H-pyrrole nitrogens is 1. The Hall–Kier alpha value is -3.19. The van der Waals surface area contributed by atoms with Crippen LogP contribution in [-0.2, 0) is 11.2 Å². The summed E-state index contributed by atoms with van der Waals surface area (Å²) < 4.78 is 5.25. The summed E-state index contributed by atoms with van der Waals surface area (Å²) in [6, 6.07) is 16.1. The van der Waals surface area contributed by atoms with Gasteiger partial charge in [0.1, 0.15) is 11.3 Å². The molecule has 7 heteroatoms. The first-order valence-corrected chi connectivity index (χ1v) is 9.42. The molecular weight excluding hydrogens is 360 g/mol. The van der Waals surface area contributed by atoms with Crippen LogP contribution in [0.4, 0.5) is 5.13 Å². The van der Waals surface area contributed by atoms with E-state index in [9.17, 15) is 4.79 Å². The number of ether oxygens (including phenoxy) is 1. The Balaban J connectivity index is 1.62. The first-order chi connectivity index (χ1) is 13.2. The largest absolute Gasteiger partial charge is 0.497 e. The van der Waals surface area contributed by atoms with E-state index in [4.69, 9.17) is 4.74 Å². The summed E-state index contributed by atoms with van der Waals surface area (Å²) in [7, 11) is 1.65. The van der Waals surface area contributed by atoms with Crippen LogP contribution in [0.25, 0.3) is 22.2 Å². The number of nitrogens with zero attached hydrogens (tertiary/aromatic N) is 2. The highest BCUT2D eigenvalue weighted by molar-refractivity contribution is 7.13. The lowest BCUT2D eigenvalue weighted by Crippen LogP contribution is -2.12. The number of anilines is 1. The van der Waals surface area contributed by atoms with Gasteiger partial charge in [0.25, 0.3) is 0 Å². The molecule has 2 heterocycles. The van der Waals surface area contributed by atoms with Crippen molar-refractivity contribution in [2.45, 2.75) is 12.8 Å². The molecule has 136 valence electrons. The van der Waals surface area contributed by atoms with Gasteiger partial charge in [0.2, 0.25) is 11.0 Å². The molecule has 27 heavy (non-hydrogen) atoms. The van der Waals surface area contributed by atoms with Crippen molar-refractivity contribution in [3.8, 4) is 17.0 Å². The normalized spacial score (nSPS) is 10.9. The topological polar surface area (TPSA) is 79.9 Å². The number of fused-ring (bicyclic) bond motifs is 1. The molecule has 1 amide bonds. The standard InChI is InChI=1S/C20H18N4O2S/c1-26-14-8-6-13(7-9-14)19-16(15-4-2-3-5-17(15)22-19)10-11-18(25)23-20-24-21-12-27-20/h2-9,12,22H,10-11H2,1H3,(H,23,24,25). The Morgan fingerprint density at radius 3 is 2.74 bits per heavy atom. The molecular formula is C20H18N4O2S. The summed E-state index contributed by atoms with van der Waals surface area (Å²) in [5, 5.41) is 12.0. The first-order valence-electron chi connectivity index (χ1n) is 8.54. The van der Waals surface area contributed by atoms with Gasteiger partial charge in [-0.3, -0.25) is 4.79 Å². The third-order valence-corrected chi connectivity index (χ3v) is 5.01. The van der Waals surface area contributed by atoms with Gasteiger partial charge >= 0.3 is 0 Å². The lowest BCUT2D eigenvalue weighted by Gasteiger charge is -2.07. The van der Waals surface area contributed by atoms with Crippen LogP contribution in [0, 0.1) is 0 Å². The van der Waals surface area contributed by atoms with Gasteiger partial charge in [-0.25, -0.2) is 0 Å². The van der Waals surface area contributed by atoms with Crippen LogP contribution in [0.15, 0.2) is 54.0 Å². The van der Waals surface area contributed by atoms with Gasteiger partial charge < -0.3 is 15.0 Å². The van der Waals surface area contributed by atoms with Crippen LogP contribution in [-0.4, -0.2) is 28.2 Å². The number of amides is 1. The van der Waals surface area contributed by atoms with Gasteiger partial charge in [-0.15, -0.1) is 10.2 Å². The number of nitrogens with one attached hydrogen (secondary N) is 2. The predicted octanol–water partition coefficient (Wildman–Crippen LogP) is 4.27. The fraction of sp³-hybridized carbons (Fsp3) is 0.150. The van der Waals surface area contributed by atoms with E-state index in [0.717, 1.165) is 33.5 Å². The number of aromatic nitrogens is 3. The van der Waals surface area contributed by atoms with E-state index in [1.54, 1.807) is 12.6 Å². The maximum absolute atomic E-state index is 12.3. The lowest BCUT2D eigenvalue weighted by molar-refractivity contribution is -0.116. The maximum atomic E-state index is 12.3. The molecule has 0 aliphatic carbocycles. The zero-order valence-electron chi connectivity index (χ0n) is 14.7. The molecule has 6 nitrogen and oxygen atoms in total. The predicted molar refractivity (Wildman–Crippen MR) is 107 cm³/mol. The second-order valence-electron chi connectivity index (χ2n) is 6.04. The fourth-order valence-electron chi connectivity index (χ4n) is 3.11. The molecule has 2 aromatic carbocycles. The molecule has 0 unspecified atom stereocenters. The van der Waals surface area contributed by atoms with Crippen molar-refractivity contribution < 1.29 is 9.53 Å². The molecule has 0 fully saturated rings. The third kappa shape index (κ3) is 3.68. The molecule has 0 saturated heterocycles. The zero-order chi connectivity index (χ0) is 18.6. The van der Waals surface area contributed by atoms with Gasteiger partial charge in [0.05, 0.1) is 7.11 Å². The van der Waals surface area contributed by atoms with Crippen LogP contribution in [0.3, 0.4) is 0 Å². The lowest BCUT2D eigenvalue weighted by atomic mass is 10.0. The molecule has 0 aliphatic rings. The molecule has 0 atom stereocenters. The molecule has 2 aromatic heterocycles. The molecule has 0 spiro atoms. The summed E-state index contributed by atoms with van der Waals surface area (Å²) >= 11 is 1.31. The van der Waals surface area contributed by atoms with E-state index in [1.807, 2.05) is 42.5 Å². The average Bonchev–Trinajstić information content (AvgIpc) is 3.34. The number of aryl methyl sites for hydroxylation is 1. The number of methoxy groups -OCH3 is 1. The van der Waals surface area contributed by atoms with Crippen molar-refractivity contribution in [1.29, 1.82) is 0 Å². The van der Waals surface area contributed by atoms with Crippen molar-refractivity contribution in [2.75, 3.05) is 12.4 Å². The van der Waals surface area contributed by atoms with E-state index < -0.39 is 0 Å².